The van der Waals surface area contributed by atoms with Gasteiger partial charge in [-0.1, -0.05) is 16.8 Å². The van der Waals surface area contributed by atoms with Gasteiger partial charge in [0.05, 0.1) is 5.56 Å². The fourth-order valence-electron chi connectivity index (χ4n) is 1.09. The van der Waals surface area contributed by atoms with E-state index in [1.165, 1.54) is 6.07 Å². The Morgan fingerprint density at radius 1 is 1.43 bits per heavy atom. The molecule has 1 heterocycles. The number of phenolic OH excluding ortho intramolecular Hbond substituents is 1. The third-order valence-corrected chi connectivity index (χ3v) is 1.95. The summed E-state index contributed by atoms with van der Waals surface area (Å²) < 4.78 is 4.91. The van der Waals surface area contributed by atoms with E-state index in [-0.39, 0.29) is 11.6 Å². The van der Waals surface area contributed by atoms with E-state index in [0.29, 0.717) is 16.4 Å². The molecule has 0 spiro atoms. The molecule has 5 heteroatoms. The van der Waals surface area contributed by atoms with Crippen molar-refractivity contribution < 1.29 is 9.63 Å². The molecule has 0 radical (unpaired) electrons. The van der Waals surface area contributed by atoms with Crippen molar-refractivity contribution in [1.82, 2.24) is 10.1 Å². The Morgan fingerprint density at radius 2 is 2.21 bits per heavy atom. The van der Waals surface area contributed by atoms with Crippen LogP contribution < -0.4 is 0 Å². The van der Waals surface area contributed by atoms with Gasteiger partial charge >= 0.3 is 0 Å². The maximum Gasteiger partial charge on any atom is 0.261 e. The van der Waals surface area contributed by atoms with Crippen LogP contribution in [0.25, 0.3) is 11.5 Å². The molecule has 1 N–H and O–H groups in total. The van der Waals surface area contributed by atoms with Crippen molar-refractivity contribution in [3.05, 3.63) is 29.0 Å². The Morgan fingerprint density at radius 3 is 2.86 bits per heavy atom. The van der Waals surface area contributed by atoms with Crippen LogP contribution in [0, 0.1) is 6.92 Å². The Bertz CT molecular complexity index is 468. The summed E-state index contributed by atoms with van der Waals surface area (Å²) in [5, 5.41) is 13.6. The molecule has 4 nitrogen and oxygen atoms in total. The summed E-state index contributed by atoms with van der Waals surface area (Å²) in [5.74, 6) is 0.847. The maximum absolute atomic E-state index is 9.51. The first-order chi connectivity index (χ1) is 6.66. The summed E-state index contributed by atoms with van der Waals surface area (Å²) in [6.45, 7) is 1.70. The Labute approximate surface area is 85.1 Å². The highest BCUT2D eigenvalue weighted by Crippen LogP contribution is 2.30. The largest absolute Gasteiger partial charge is 0.507 e. The highest BCUT2D eigenvalue weighted by atomic mass is 35.5. The molecular formula is C9H7ClN2O2. The Kier molecular flexibility index (Phi) is 2.13. The van der Waals surface area contributed by atoms with Gasteiger partial charge in [0.1, 0.15) is 5.75 Å². The first-order valence-corrected chi connectivity index (χ1v) is 4.34. The molecule has 0 bridgehead atoms. The van der Waals surface area contributed by atoms with E-state index in [1.54, 1.807) is 19.1 Å². The van der Waals surface area contributed by atoms with E-state index in [2.05, 4.69) is 10.1 Å². The SMILES string of the molecule is Cc1noc(-c2cc(Cl)ccc2O)n1. The van der Waals surface area contributed by atoms with Crippen LogP contribution in [0.15, 0.2) is 22.7 Å². The van der Waals surface area contributed by atoms with Crippen molar-refractivity contribution in [3.63, 3.8) is 0 Å². The van der Waals surface area contributed by atoms with E-state index >= 15 is 0 Å². The molecule has 0 aliphatic rings. The molecular weight excluding hydrogens is 204 g/mol. The van der Waals surface area contributed by atoms with Crippen LogP contribution in [0.5, 0.6) is 5.75 Å². The lowest BCUT2D eigenvalue weighted by Crippen LogP contribution is -1.79. The van der Waals surface area contributed by atoms with Gasteiger partial charge in [-0.05, 0) is 25.1 Å². The number of aromatic nitrogens is 2. The average molecular weight is 211 g/mol. The van der Waals surface area contributed by atoms with Gasteiger partial charge in [-0.3, -0.25) is 0 Å². The van der Waals surface area contributed by atoms with E-state index in [4.69, 9.17) is 16.1 Å². The first kappa shape index (κ1) is 9.02. The lowest BCUT2D eigenvalue weighted by molar-refractivity contribution is 0.420. The zero-order valence-electron chi connectivity index (χ0n) is 7.36. The number of aromatic hydroxyl groups is 1. The second-order valence-electron chi connectivity index (χ2n) is 2.81. The van der Waals surface area contributed by atoms with Gasteiger partial charge in [-0.25, -0.2) is 0 Å². The summed E-state index contributed by atoms with van der Waals surface area (Å²) in [4.78, 5) is 3.99. The minimum absolute atomic E-state index is 0.0676. The van der Waals surface area contributed by atoms with Crippen molar-refractivity contribution in [2.24, 2.45) is 0 Å². The van der Waals surface area contributed by atoms with Crippen molar-refractivity contribution in [3.8, 4) is 17.2 Å². The molecule has 1 aromatic carbocycles. The fourth-order valence-corrected chi connectivity index (χ4v) is 1.26. The van der Waals surface area contributed by atoms with Gasteiger partial charge < -0.3 is 9.63 Å². The number of rotatable bonds is 1. The summed E-state index contributed by atoms with van der Waals surface area (Å²) in [6.07, 6.45) is 0. The van der Waals surface area contributed by atoms with Crippen LogP contribution in [0.3, 0.4) is 0 Å². The van der Waals surface area contributed by atoms with Gasteiger partial charge in [0.2, 0.25) is 0 Å². The third kappa shape index (κ3) is 1.56. The molecule has 72 valence electrons. The van der Waals surface area contributed by atoms with Crippen LogP contribution in [-0.4, -0.2) is 15.2 Å². The van der Waals surface area contributed by atoms with Crippen LogP contribution >= 0.6 is 11.6 Å². The van der Waals surface area contributed by atoms with Crippen molar-refractivity contribution in [2.75, 3.05) is 0 Å². The van der Waals surface area contributed by atoms with Gasteiger partial charge in [-0.15, -0.1) is 0 Å². The molecule has 1 aromatic heterocycles. The third-order valence-electron chi connectivity index (χ3n) is 1.72. The van der Waals surface area contributed by atoms with Gasteiger partial charge in [0.15, 0.2) is 5.82 Å². The Hall–Kier alpha value is -1.55. The lowest BCUT2D eigenvalue weighted by atomic mass is 10.2. The number of aryl methyl sites for hydroxylation is 1. The van der Waals surface area contributed by atoms with Gasteiger partial charge in [-0.2, -0.15) is 4.98 Å². The minimum atomic E-state index is 0.0676. The standard InChI is InChI=1S/C9H7ClN2O2/c1-5-11-9(14-12-5)7-4-6(10)2-3-8(7)13/h2-4,13H,1H3. The summed E-state index contributed by atoms with van der Waals surface area (Å²) in [7, 11) is 0. The minimum Gasteiger partial charge on any atom is -0.507 e. The molecule has 0 saturated heterocycles. The molecule has 0 atom stereocenters. The average Bonchev–Trinajstić information content (AvgIpc) is 2.56. The molecule has 0 fully saturated rings. The van der Waals surface area contributed by atoms with E-state index in [9.17, 15) is 5.11 Å². The van der Waals surface area contributed by atoms with Crippen LogP contribution in [-0.2, 0) is 0 Å². The Balaban J connectivity index is 2.55. The molecule has 0 unspecified atom stereocenters. The second kappa shape index (κ2) is 3.31. The number of hydrogen-bond acceptors (Lipinski definition) is 4. The molecule has 0 aliphatic carbocycles. The van der Waals surface area contributed by atoms with Gasteiger partial charge in [0, 0.05) is 5.02 Å². The predicted molar refractivity (Wildman–Crippen MR) is 51.1 cm³/mol. The van der Waals surface area contributed by atoms with Crippen LogP contribution in [0.2, 0.25) is 5.02 Å². The lowest BCUT2D eigenvalue weighted by Gasteiger charge is -1.98. The zero-order valence-corrected chi connectivity index (χ0v) is 8.12. The van der Waals surface area contributed by atoms with E-state index in [0.717, 1.165) is 0 Å². The van der Waals surface area contributed by atoms with Crippen molar-refractivity contribution >= 4 is 11.6 Å². The summed E-state index contributed by atoms with van der Waals surface area (Å²) in [6, 6.07) is 4.64. The quantitative estimate of drug-likeness (QED) is 0.785. The number of benzene rings is 1. The van der Waals surface area contributed by atoms with E-state index in [1.807, 2.05) is 0 Å². The fraction of sp³-hybridized carbons (Fsp3) is 0.111. The van der Waals surface area contributed by atoms with Crippen molar-refractivity contribution in [2.45, 2.75) is 6.92 Å². The summed E-state index contributed by atoms with van der Waals surface area (Å²) >= 11 is 5.77. The van der Waals surface area contributed by atoms with Crippen LogP contribution in [0.1, 0.15) is 5.82 Å². The number of hydrogen-bond donors (Lipinski definition) is 1. The van der Waals surface area contributed by atoms with Crippen molar-refractivity contribution in [1.29, 1.82) is 0 Å². The topological polar surface area (TPSA) is 59.2 Å². The number of halogens is 1. The zero-order chi connectivity index (χ0) is 10.1. The summed E-state index contributed by atoms with van der Waals surface area (Å²) in [5.41, 5.74) is 0.443. The molecule has 0 amide bonds. The monoisotopic (exact) mass is 210 g/mol. The normalized spacial score (nSPS) is 10.4. The highest BCUT2D eigenvalue weighted by Gasteiger charge is 2.11. The second-order valence-corrected chi connectivity index (χ2v) is 3.24. The van der Waals surface area contributed by atoms with Gasteiger partial charge in [0.25, 0.3) is 5.89 Å². The molecule has 14 heavy (non-hydrogen) atoms. The molecule has 0 saturated carbocycles. The molecule has 2 aromatic rings. The first-order valence-electron chi connectivity index (χ1n) is 3.96. The predicted octanol–water partition coefficient (Wildman–Crippen LogP) is 2.40. The van der Waals surface area contributed by atoms with Crippen LogP contribution in [0.4, 0.5) is 0 Å². The molecule has 2 rings (SSSR count). The number of phenols is 1. The maximum atomic E-state index is 9.51. The smallest absolute Gasteiger partial charge is 0.261 e. The molecule has 0 aliphatic heterocycles. The number of nitrogens with zero attached hydrogens (tertiary/aromatic N) is 2. The highest BCUT2D eigenvalue weighted by molar-refractivity contribution is 6.30. The van der Waals surface area contributed by atoms with E-state index < -0.39 is 0 Å².